The Morgan fingerprint density at radius 1 is 1.40 bits per heavy atom. The summed E-state index contributed by atoms with van der Waals surface area (Å²) in [5.74, 6) is -0.190. The number of nitrogens with zero attached hydrogens (tertiary/aromatic N) is 1. The van der Waals surface area contributed by atoms with Gasteiger partial charge < -0.3 is 10.2 Å². The molecule has 15 heavy (non-hydrogen) atoms. The molecule has 1 amide bonds. The molecule has 0 spiro atoms. The first-order chi connectivity index (χ1) is 7.24. The third-order valence-electron chi connectivity index (χ3n) is 1.94. The van der Waals surface area contributed by atoms with E-state index in [2.05, 4.69) is 5.32 Å². The quantitative estimate of drug-likeness (QED) is 0.754. The first kappa shape index (κ1) is 11.2. The van der Waals surface area contributed by atoms with Crippen molar-refractivity contribution < 1.29 is 9.59 Å². The van der Waals surface area contributed by atoms with E-state index < -0.39 is 0 Å². The maximum Gasteiger partial charge on any atom is 0.239 e. The van der Waals surface area contributed by atoms with Crippen LogP contribution in [0.3, 0.4) is 0 Å². The summed E-state index contributed by atoms with van der Waals surface area (Å²) >= 11 is 0. The topological polar surface area (TPSA) is 49.4 Å². The number of rotatable bonds is 5. The first-order valence-electron chi connectivity index (χ1n) is 4.62. The van der Waals surface area contributed by atoms with Crippen LogP contribution in [0.1, 0.15) is 0 Å². The molecule has 79 valence electrons. The van der Waals surface area contributed by atoms with Crippen LogP contribution in [0.2, 0.25) is 0 Å². The Labute approximate surface area is 88.9 Å². The molecule has 0 bridgehead atoms. The van der Waals surface area contributed by atoms with Gasteiger partial charge in [-0.05, 0) is 12.1 Å². The number of hydrogen-bond acceptors (Lipinski definition) is 3. The zero-order valence-electron chi connectivity index (χ0n) is 8.56. The Hall–Kier alpha value is -1.84. The van der Waals surface area contributed by atoms with Crippen LogP contribution in [0.15, 0.2) is 30.3 Å². The van der Waals surface area contributed by atoms with Gasteiger partial charge in [-0.3, -0.25) is 9.59 Å². The van der Waals surface area contributed by atoms with Crippen molar-refractivity contribution in [3.05, 3.63) is 30.3 Å². The molecule has 1 rings (SSSR count). The molecule has 0 atom stereocenters. The highest BCUT2D eigenvalue weighted by Crippen LogP contribution is 2.09. The molecular weight excluding hydrogens is 192 g/mol. The number of likely N-dealkylation sites (N-methyl/N-ethyl adjacent to an activating group) is 1. The van der Waals surface area contributed by atoms with Gasteiger partial charge in [0.05, 0.1) is 13.1 Å². The fraction of sp³-hybridized carbons (Fsp3) is 0.273. The molecule has 1 N–H and O–H groups in total. The highest BCUT2D eigenvalue weighted by Gasteiger charge is 2.05. The van der Waals surface area contributed by atoms with E-state index in [0.29, 0.717) is 0 Å². The Bertz CT molecular complexity index is 325. The summed E-state index contributed by atoms with van der Waals surface area (Å²) in [5.41, 5.74) is 0.961. The largest absolute Gasteiger partial charge is 0.365 e. The lowest BCUT2D eigenvalue weighted by Crippen LogP contribution is -2.35. The molecule has 0 saturated carbocycles. The van der Waals surface area contributed by atoms with E-state index in [9.17, 15) is 9.59 Å². The minimum atomic E-state index is -0.190. The minimum absolute atomic E-state index is 0.0541. The van der Waals surface area contributed by atoms with Crippen molar-refractivity contribution in [2.75, 3.05) is 25.0 Å². The van der Waals surface area contributed by atoms with E-state index in [1.807, 2.05) is 37.4 Å². The van der Waals surface area contributed by atoms with Crippen LogP contribution in [-0.2, 0) is 9.59 Å². The summed E-state index contributed by atoms with van der Waals surface area (Å²) in [5, 5.41) is 2.43. The van der Waals surface area contributed by atoms with Gasteiger partial charge in [-0.1, -0.05) is 18.2 Å². The monoisotopic (exact) mass is 205 g/mol. The molecule has 0 aliphatic heterocycles. The summed E-state index contributed by atoms with van der Waals surface area (Å²) in [6.45, 7) is 0.174. The lowest BCUT2D eigenvalue weighted by molar-refractivity contribution is -0.119. The van der Waals surface area contributed by atoms with Crippen LogP contribution >= 0.6 is 0 Å². The molecule has 4 heteroatoms. The fourth-order valence-corrected chi connectivity index (χ4v) is 1.18. The first-order valence-corrected chi connectivity index (χ1v) is 4.62. The number of hydrogen-bond donors (Lipinski definition) is 1. The van der Waals surface area contributed by atoms with Gasteiger partial charge >= 0.3 is 0 Å². The number of amides is 1. The summed E-state index contributed by atoms with van der Waals surface area (Å²) < 4.78 is 0. The standard InChI is InChI=1S/C11H13N2O2/c1-13(9-11(15)12-7-8-14)10-5-3-2-4-6-10/h2-6H,7,9H2,1H3,(H,12,15). The van der Waals surface area contributed by atoms with Gasteiger partial charge in [-0.2, -0.15) is 0 Å². The second-order valence-corrected chi connectivity index (χ2v) is 3.11. The fourth-order valence-electron chi connectivity index (χ4n) is 1.18. The summed E-state index contributed by atoms with van der Waals surface area (Å²) in [4.78, 5) is 23.0. The van der Waals surface area contributed by atoms with E-state index >= 15 is 0 Å². The van der Waals surface area contributed by atoms with E-state index in [1.54, 1.807) is 11.2 Å². The smallest absolute Gasteiger partial charge is 0.239 e. The normalized spacial score (nSPS) is 9.40. The molecule has 0 aromatic heterocycles. The minimum Gasteiger partial charge on any atom is -0.365 e. The third kappa shape index (κ3) is 3.81. The van der Waals surface area contributed by atoms with Crippen LogP contribution in [0.5, 0.6) is 0 Å². The summed E-state index contributed by atoms with van der Waals surface area (Å²) in [7, 11) is 1.82. The SMILES string of the molecule is CN(CC(=O)NC[C]=O)c1ccccc1. The van der Waals surface area contributed by atoms with Crippen LogP contribution in [0, 0.1) is 0 Å². The third-order valence-corrected chi connectivity index (χ3v) is 1.94. The molecular formula is C11H13N2O2. The van der Waals surface area contributed by atoms with Crippen molar-refractivity contribution >= 4 is 17.9 Å². The predicted octanol–water partition coefficient (Wildman–Crippen LogP) is 0.349. The maximum absolute atomic E-state index is 11.3. The zero-order chi connectivity index (χ0) is 11.1. The number of para-hydroxylation sites is 1. The second-order valence-electron chi connectivity index (χ2n) is 3.11. The summed E-state index contributed by atoms with van der Waals surface area (Å²) in [6, 6.07) is 9.56. The summed E-state index contributed by atoms with van der Waals surface area (Å²) in [6.07, 6.45) is 1.61. The average Bonchev–Trinajstić information content (AvgIpc) is 2.27. The lowest BCUT2D eigenvalue weighted by atomic mass is 10.3. The van der Waals surface area contributed by atoms with Crippen molar-refractivity contribution in [3.63, 3.8) is 0 Å². The average molecular weight is 205 g/mol. The molecule has 0 aliphatic rings. The van der Waals surface area contributed by atoms with Crippen LogP contribution in [0.4, 0.5) is 5.69 Å². The molecule has 1 aromatic carbocycles. The molecule has 0 aliphatic carbocycles. The van der Waals surface area contributed by atoms with Gasteiger partial charge in [0.15, 0.2) is 0 Å². The molecule has 0 fully saturated rings. The maximum atomic E-state index is 11.3. The van der Waals surface area contributed by atoms with E-state index in [1.165, 1.54) is 0 Å². The Kier molecular flexibility index (Phi) is 4.34. The van der Waals surface area contributed by atoms with Crippen molar-refractivity contribution in [1.82, 2.24) is 5.32 Å². The number of nitrogens with one attached hydrogen (secondary N) is 1. The van der Waals surface area contributed by atoms with Crippen LogP contribution in [0.25, 0.3) is 0 Å². The molecule has 0 unspecified atom stereocenters. The van der Waals surface area contributed by atoms with Gasteiger partial charge in [0.1, 0.15) is 0 Å². The molecule has 0 saturated heterocycles. The predicted molar refractivity (Wildman–Crippen MR) is 58.4 cm³/mol. The number of anilines is 1. The number of carbonyl (C=O) groups excluding carboxylic acids is 2. The van der Waals surface area contributed by atoms with Crippen molar-refractivity contribution in [1.29, 1.82) is 0 Å². The lowest BCUT2D eigenvalue weighted by Gasteiger charge is -2.17. The number of carbonyl (C=O) groups is 1. The zero-order valence-corrected chi connectivity index (χ0v) is 8.56. The van der Waals surface area contributed by atoms with Gasteiger partial charge in [0.2, 0.25) is 12.2 Å². The van der Waals surface area contributed by atoms with Crippen molar-refractivity contribution in [2.45, 2.75) is 0 Å². The van der Waals surface area contributed by atoms with Gasteiger partial charge in [0.25, 0.3) is 0 Å². The Balaban J connectivity index is 2.45. The van der Waals surface area contributed by atoms with E-state index in [4.69, 9.17) is 0 Å². The molecule has 1 radical (unpaired) electrons. The molecule has 1 aromatic rings. The Morgan fingerprint density at radius 3 is 2.67 bits per heavy atom. The van der Waals surface area contributed by atoms with E-state index in [-0.39, 0.29) is 19.0 Å². The van der Waals surface area contributed by atoms with Crippen LogP contribution < -0.4 is 10.2 Å². The van der Waals surface area contributed by atoms with E-state index in [0.717, 1.165) is 5.69 Å². The highest BCUT2D eigenvalue weighted by molar-refractivity contribution is 5.82. The van der Waals surface area contributed by atoms with Gasteiger partial charge in [0, 0.05) is 12.7 Å². The second kappa shape index (κ2) is 5.80. The molecule has 0 heterocycles. The van der Waals surface area contributed by atoms with Crippen LogP contribution in [-0.4, -0.2) is 32.3 Å². The van der Waals surface area contributed by atoms with Gasteiger partial charge in [-0.25, -0.2) is 0 Å². The Morgan fingerprint density at radius 2 is 2.07 bits per heavy atom. The van der Waals surface area contributed by atoms with Crippen molar-refractivity contribution in [2.24, 2.45) is 0 Å². The van der Waals surface area contributed by atoms with Gasteiger partial charge in [-0.15, -0.1) is 0 Å². The molecule has 4 nitrogen and oxygen atoms in total. The highest BCUT2D eigenvalue weighted by atomic mass is 16.2. The van der Waals surface area contributed by atoms with Crippen molar-refractivity contribution in [3.8, 4) is 0 Å². The number of benzene rings is 1.